The van der Waals surface area contributed by atoms with Crippen LogP contribution in [0.2, 0.25) is 10.0 Å². The lowest BCUT2D eigenvalue weighted by atomic mass is 9.94. The minimum absolute atomic E-state index is 0.374. The van der Waals surface area contributed by atoms with Crippen molar-refractivity contribution in [3.8, 4) is 52.4 Å². The minimum atomic E-state index is -0.756. The van der Waals surface area contributed by atoms with E-state index in [-0.39, 0.29) is 0 Å². The van der Waals surface area contributed by atoms with E-state index in [0.29, 0.717) is 49.6 Å². The van der Waals surface area contributed by atoms with Gasteiger partial charge in [-0.15, -0.1) is 0 Å². The van der Waals surface area contributed by atoms with E-state index in [4.69, 9.17) is 32.9 Å². The van der Waals surface area contributed by atoms with Crippen molar-refractivity contribution >= 4 is 23.2 Å². The first-order valence-corrected chi connectivity index (χ1v) is 11.4. The van der Waals surface area contributed by atoms with Gasteiger partial charge in [0.25, 0.3) is 0 Å². The predicted molar refractivity (Wildman–Crippen MR) is 135 cm³/mol. The zero-order chi connectivity index (χ0) is 24.7. The molecule has 0 aliphatic carbocycles. The highest BCUT2D eigenvalue weighted by Gasteiger charge is 2.37. The summed E-state index contributed by atoms with van der Waals surface area (Å²) < 4.78 is 6.32. The fraction of sp³-hybridized carbons (Fsp3) is 0.107. The van der Waals surface area contributed by atoms with Crippen molar-refractivity contribution in [1.29, 1.82) is 10.5 Å². The van der Waals surface area contributed by atoms with E-state index in [1.165, 1.54) is 0 Å². The molecule has 2 heterocycles. The number of aromatic nitrogens is 2. The number of hydrogen-bond donors (Lipinski definition) is 1. The summed E-state index contributed by atoms with van der Waals surface area (Å²) in [5, 5.41) is 20.3. The smallest absolute Gasteiger partial charge is 0.147 e. The SMILES string of the molecule is CC1(C)Oc2cc(C#Cc3cc(Cl)ccc3Cl)ccc2-c2[nH]c(-c3c(C#N)cccc3C#N)nc21. The fourth-order valence-electron chi connectivity index (χ4n) is 4.06. The largest absolute Gasteiger partial charge is 0.481 e. The third kappa shape index (κ3) is 4.01. The summed E-state index contributed by atoms with van der Waals surface area (Å²) in [7, 11) is 0. The Bertz CT molecular complexity index is 1630. The van der Waals surface area contributed by atoms with E-state index in [0.717, 1.165) is 16.8 Å². The highest BCUT2D eigenvalue weighted by atomic mass is 35.5. The van der Waals surface area contributed by atoms with Gasteiger partial charge in [-0.3, -0.25) is 0 Å². The van der Waals surface area contributed by atoms with Crippen LogP contribution in [0.1, 0.15) is 41.8 Å². The number of nitrogens with zero attached hydrogens (tertiary/aromatic N) is 3. The molecule has 35 heavy (non-hydrogen) atoms. The molecule has 3 aromatic carbocycles. The Labute approximate surface area is 212 Å². The predicted octanol–water partition coefficient (Wildman–Crippen LogP) is 6.82. The molecule has 0 amide bonds. The number of hydrogen-bond acceptors (Lipinski definition) is 4. The second-order valence-corrected chi connectivity index (χ2v) is 9.30. The number of nitriles is 2. The standard InChI is InChI=1S/C28H16Cl2N4O/c1-28(2)26-25(33-27(34-26)24-18(14-31)4-3-5-19(24)15-32)21-10-7-16(12-23(21)35-28)6-8-17-13-20(29)9-11-22(17)30/h3-5,7,9-13H,1-2H3,(H,33,34). The Balaban J connectivity index is 1.61. The van der Waals surface area contributed by atoms with Crippen LogP contribution in [0.25, 0.3) is 22.6 Å². The highest BCUT2D eigenvalue weighted by molar-refractivity contribution is 6.33. The van der Waals surface area contributed by atoms with E-state index in [1.54, 1.807) is 36.4 Å². The first kappa shape index (κ1) is 22.6. The molecule has 1 N–H and O–H groups in total. The van der Waals surface area contributed by atoms with Crippen molar-refractivity contribution in [3.63, 3.8) is 0 Å². The summed E-state index contributed by atoms with van der Waals surface area (Å²) in [5.74, 6) is 7.29. The van der Waals surface area contributed by atoms with E-state index in [2.05, 4.69) is 29.0 Å². The van der Waals surface area contributed by atoms with Gasteiger partial charge in [-0.1, -0.05) is 41.1 Å². The summed E-state index contributed by atoms with van der Waals surface area (Å²) in [6.45, 7) is 3.84. The summed E-state index contributed by atoms with van der Waals surface area (Å²) in [6, 6.07) is 20.2. The maximum atomic E-state index is 9.60. The van der Waals surface area contributed by atoms with E-state index >= 15 is 0 Å². The zero-order valence-corrected chi connectivity index (χ0v) is 20.2. The monoisotopic (exact) mass is 494 g/mol. The normalized spacial score (nSPS) is 12.7. The molecule has 5 rings (SSSR count). The number of aromatic amines is 1. The van der Waals surface area contributed by atoms with Gasteiger partial charge >= 0.3 is 0 Å². The number of halogens is 2. The van der Waals surface area contributed by atoms with Crippen LogP contribution in [0.5, 0.6) is 5.75 Å². The molecule has 1 aromatic heterocycles. The molecule has 0 bridgehead atoms. The molecular weight excluding hydrogens is 479 g/mol. The van der Waals surface area contributed by atoms with E-state index in [1.807, 2.05) is 32.0 Å². The molecule has 0 atom stereocenters. The molecule has 1 aliphatic rings. The summed E-state index contributed by atoms with van der Waals surface area (Å²) in [6.07, 6.45) is 0. The van der Waals surface area contributed by atoms with E-state index in [9.17, 15) is 10.5 Å². The van der Waals surface area contributed by atoms with Crippen molar-refractivity contribution in [1.82, 2.24) is 9.97 Å². The lowest BCUT2D eigenvalue weighted by Gasteiger charge is -2.31. The van der Waals surface area contributed by atoms with Gasteiger partial charge in [0.05, 0.1) is 39.5 Å². The van der Waals surface area contributed by atoms with Crippen molar-refractivity contribution in [3.05, 3.63) is 92.6 Å². The van der Waals surface area contributed by atoms with Crippen molar-refractivity contribution in [2.45, 2.75) is 19.4 Å². The summed E-state index contributed by atoms with van der Waals surface area (Å²) >= 11 is 12.3. The van der Waals surface area contributed by atoms with Gasteiger partial charge in [0, 0.05) is 21.7 Å². The van der Waals surface area contributed by atoms with Crippen LogP contribution in [0.4, 0.5) is 0 Å². The van der Waals surface area contributed by atoms with Gasteiger partial charge in [-0.2, -0.15) is 10.5 Å². The van der Waals surface area contributed by atoms with Crippen LogP contribution in [-0.4, -0.2) is 9.97 Å². The molecule has 1 aliphatic heterocycles. The molecule has 0 radical (unpaired) electrons. The second-order valence-electron chi connectivity index (χ2n) is 8.46. The van der Waals surface area contributed by atoms with Gasteiger partial charge < -0.3 is 9.72 Å². The lowest BCUT2D eigenvalue weighted by molar-refractivity contribution is 0.101. The first-order chi connectivity index (χ1) is 16.8. The van der Waals surface area contributed by atoms with E-state index < -0.39 is 5.60 Å². The number of benzene rings is 3. The van der Waals surface area contributed by atoms with Gasteiger partial charge in [-0.25, -0.2) is 4.98 Å². The molecule has 0 saturated carbocycles. The third-order valence-corrected chi connectivity index (χ3v) is 6.27. The number of fused-ring (bicyclic) bond motifs is 3. The number of nitrogens with one attached hydrogen (secondary N) is 1. The Morgan fingerprint density at radius 2 is 1.66 bits per heavy atom. The summed E-state index contributed by atoms with van der Waals surface area (Å²) in [4.78, 5) is 8.11. The Morgan fingerprint density at radius 1 is 0.914 bits per heavy atom. The number of ether oxygens (including phenoxy) is 1. The van der Waals surface area contributed by atoms with Crippen LogP contribution in [0.3, 0.4) is 0 Å². The third-order valence-electron chi connectivity index (χ3n) is 5.70. The van der Waals surface area contributed by atoms with Crippen molar-refractivity contribution in [2.75, 3.05) is 0 Å². The van der Waals surface area contributed by atoms with Gasteiger partial charge in [0.15, 0.2) is 0 Å². The summed E-state index contributed by atoms with van der Waals surface area (Å²) in [5.41, 5.74) is 4.15. The minimum Gasteiger partial charge on any atom is -0.481 e. The Hall–Kier alpha value is -4.21. The molecule has 0 unspecified atom stereocenters. The molecule has 0 saturated heterocycles. The molecule has 0 fully saturated rings. The van der Waals surface area contributed by atoms with Crippen LogP contribution in [0, 0.1) is 34.5 Å². The van der Waals surface area contributed by atoms with Crippen LogP contribution in [0.15, 0.2) is 54.6 Å². The maximum Gasteiger partial charge on any atom is 0.147 e. The van der Waals surface area contributed by atoms with Crippen LogP contribution >= 0.6 is 23.2 Å². The second kappa shape index (κ2) is 8.53. The van der Waals surface area contributed by atoms with Crippen LogP contribution in [-0.2, 0) is 5.60 Å². The van der Waals surface area contributed by atoms with Gasteiger partial charge in [0.1, 0.15) is 22.9 Å². The molecule has 5 nitrogen and oxygen atoms in total. The molecule has 7 heteroatoms. The quantitative estimate of drug-likeness (QED) is 0.294. The van der Waals surface area contributed by atoms with Crippen molar-refractivity contribution < 1.29 is 4.74 Å². The molecule has 4 aromatic rings. The average Bonchev–Trinajstić information content (AvgIpc) is 3.30. The number of rotatable bonds is 1. The van der Waals surface area contributed by atoms with Gasteiger partial charge in [-0.05, 0) is 62.4 Å². The van der Waals surface area contributed by atoms with Crippen molar-refractivity contribution in [2.24, 2.45) is 0 Å². The zero-order valence-electron chi connectivity index (χ0n) is 18.7. The molecular formula is C28H16Cl2N4O. The highest BCUT2D eigenvalue weighted by Crippen LogP contribution is 2.45. The Morgan fingerprint density at radius 3 is 2.37 bits per heavy atom. The topological polar surface area (TPSA) is 85.5 Å². The Kier molecular flexibility index (Phi) is 5.50. The number of H-pyrrole nitrogens is 1. The fourth-order valence-corrected chi connectivity index (χ4v) is 4.40. The first-order valence-electron chi connectivity index (χ1n) is 10.7. The van der Waals surface area contributed by atoms with Gasteiger partial charge in [0.2, 0.25) is 0 Å². The van der Waals surface area contributed by atoms with Crippen LogP contribution < -0.4 is 4.74 Å². The number of imidazole rings is 1. The lowest BCUT2D eigenvalue weighted by Crippen LogP contribution is -2.29. The molecule has 168 valence electrons. The molecule has 0 spiro atoms. The average molecular weight is 495 g/mol. The maximum absolute atomic E-state index is 9.60.